The van der Waals surface area contributed by atoms with E-state index in [-0.39, 0.29) is 18.1 Å². The summed E-state index contributed by atoms with van der Waals surface area (Å²) in [4.78, 5) is 28.5. The molecule has 2 aliphatic rings. The molecule has 0 spiro atoms. The number of Topliss-reactive ketones (excluding diaryl/α,β-unsaturated/α-hetero) is 1. The largest absolute Gasteiger partial charge is 0.507 e. The van der Waals surface area contributed by atoms with Crippen LogP contribution in [0.4, 0.5) is 5.69 Å². The third-order valence-electron chi connectivity index (χ3n) is 7.27. The number of anilines is 1. The number of benzene rings is 4. The van der Waals surface area contributed by atoms with Crippen molar-refractivity contribution in [2.24, 2.45) is 0 Å². The Bertz CT molecular complexity index is 1680. The van der Waals surface area contributed by atoms with Crippen molar-refractivity contribution in [3.63, 3.8) is 0 Å². The Kier molecular flexibility index (Phi) is 7.27. The second-order valence-electron chi connectivity index (χ2n) is 9.96. The highest BCUT2D eigenvalue weighted by Crippen LogP contribution is 2.45. The van der Waals surface area contributed by atoms with Crippen LogP contribution in [0, 0.1) is 6.92 Å². The van der Waals surface area contributed by atoms with Crippen molar-refractivity contribution in [3.05, 3.63) is 119 Å². The lowest BCUT2D eigenvalue weighted by Crippen LogP contribution is -2.29. The molecule has 1 unspecified atom stereocenters. The standard InChI is InChI=1S/C34H29NO7/c1-3-39-26-13-9-23(10-14-26)31-30(33(37)34(38)35(31)25-12-16-28-29(18-25)42-20-41-28)32(36)24-11-15-27(21(2)17-24)40-19-22-7-5-4-6-8-22/h4-18,31,36H,3,19-20H2,1-2H3/b32-30+. The van der Waals surface area contributed by atoms with E-state index >= 15 is 0 Å². The number of aliphatic hydroxyl groups is 1. The molecule has 1 atom stereocenters. The topological polar surface area (TPSA) is 94.5 Å². The summed E-state index contributed by atoms with van der Waals surface area (Å²) in [5.41, 5.74) is 3.27. The van der Waals surface area contributed by atoms with E-state index in [1.54, 1.807) is 60.7 Å². The minimum Gasteiger partial charge on any atom is -0.507 e. The Morgan fingerprint density at radius 3 is 2.40 bits per heavy atom. The normalized spacial score (nSPS) is 17.0. The van der Waals surface area contributed by atoms with E-state index in [0.717, 1.165) is 11.1 Å². The summed E-state index contributed by atoms with van der Waals surface area (Å²) in [6.07, 6.45) is 0. The van der Waals surface area contributed by atoms with Gasteiger partial charge in [0.2, 0.25) is 6.79 Å². The molecule has 1 saturated heterocycles. The summed E-state index contributed by atoms with van der Waals surface area (Å²) in [5.74, 6) is 0.523. The van der Waals surface area contributed by atoms with Gasteiger partial charge in [0.05, 0.1) is 18.2 Å². The predicted octanol–water partition coefficient (Wildman–Crippen LogP) is 6.33. The van der Waals surface area contributed by atoms with Crippen LogP contribution < -0.4 is 23.8 Å². The van der Waals surface area contributed by atoms with E-state index in [1.165, 1.54) is 4.90 Å². The third kappa shape index (κ3) is 5.03. The van der Waals surface area contributed by atoms with Crippen molar-refractivity contribution in [1.29, 1.82) is 0 Å². The van der Waals surface area contributed by atoms with Gasteiger partial charge in [-0.3, -0.25) is 14.5 Å². The number of hydrogen-bond acceptors (Lipinski definition) is 7. The monoisotopic (exact) mass is 563 g/mol. The van der Waals surface area contributed by atoms with Crippen LogP contribution in [0.25, 0.3) is 5.76 Å². The van der Waals surface area contributed by atoms with Crippen LogP contribution in [0.1, 0.15) is 35.2 Å². The zero-order valence-electron chi connectivity index (χ0n) is 23.2. The number of aryl methyl sites for hydroxylation is 1. The first kappa shape index (κ1) is 27.0. The fraction of sp³-hybridized carbons (Fsp3) is 0.176. The minimum atomic E-state index is -0.893. The van der Waals surface area contributed by atoms with Gasteiger partial charge in [-0.2, -0.15) is 0 Å². The maximum Gasteiger partial charge on any atom is 0.300 e. The Morgan fingerprint density at radius 1 is 0.905 bits per heavy atom. The van der Waals surface area contributed by atoms with E-state index < -0.39 is 17.7 Å². The zero-order chi connectivity index (χ0) is 29.2. The van der Waals surface area contributed by atoms with Gasteiger partial charge in [-0.25, -0.2) is 0 Å². The number of ether oxygens (including phenoxy) is 4. The molecule has 4 aromatic carbocycles. The third-order valence-corrected chi connectivity index (χ3v) is 7.27. The fourth-order valence-electron chi connectivity index (χ4n) is 5.21. The van der Waals surface area contributed by atoms with E-state index in [1.807, 2.05) is 44.2 Å². The number of rotatable bonds is 8. The summed E-state index contributed by atoms with van der Waals surface area (Å²) in [6.45, 7) is 4.73. The van der Waals surface area contributed by atoms with Crippen LogP contribution in [-0.4, -0.2) is 30.2 Å². The number of ketones is 1. The molecule has 2 aliphatic heterocycles. The molecule has 0 radical (unpaired) electrons. The highest BCUT2D eigenvalue weighted by molar-refractivity contribution is 6.51. The molecule has 0 aliphatic carbocycles. The molecular weight excluding hydrogens is 534 g/mol. The first-order chi connectivity index (χ1) is 20.4. The highest BCUT2D eigenvalue weighted by Gasteiger charge is 2.47. The number of aliphatic hydroxyl groups excluding tert-OH is 1. The van der Waals surface area contributed by atoms with Crippen molar-refractivity contribution < 1.29 is 33.6 Å². The number of carbonyl (C=O) groups excluding carboxylic acids is 2. The highest BCUT2D eigenvalue weighted by atomic mass is 16.7. The van der Waals surface area contributed by atoms with Gasteiger partial charge in [-0.1, -0.05) is 42.5 Å². The molecule has 1 amide bonds. The molecule has 0 bridgehead atoms. The molecule has 0 aromatic heterocycles. The van der Waals surface area contributed by atoms with Crippen LogP contribution in [0.5, 0.6) is 23.0 Å². The molecular formula is C34H29NO7. The molecule has 42 heavy (non-hydrogen) atoms. The summed E-state index contributed by atoms with van der Waals surface area (Å²) in [5, 5.41) is 11.6. The van der Waals surface area contributed by atoms with Gasteiger partial charge in [0.15, 0.2) is 11.5 Å². The number of carbonyl (C=O) groups is 2. The Morgan fingerprint density at radius 2 is 1.67 bits per heavy atom. The molecule has 2 heterocycles. The van der Waals surface area contributed by atoms with E-state index in [2.05, 4.69) is 0 Å². The van der Waals surface area contributed by atoms with Crippen LogP contribution in [0.3, 0.4) is 0 Å². The molecule has 6 rings (SSSR count). The van der Waals surface area contributed by atoms with Gasteiger partial charge in [-0.05, 0) is 73.0 Å². The second-order valence-corrected chi connectivity index (χ2v) is 9.96. The van der Waals surface area contributed by atoms with Crippen LogP contribution >= 0.6 is 0 Å². The first-order valence-electron chi connectivity index (χ1n) is 13.7. The Balaban J connectivity index is 1.40. The summed E-state index contributed by atoms with van der Waals surface area (Å²) in [7, 11) is 0. The summed E-state index contributed by atoms with van der Waals surface area (Å²) in [6, 6.07) is 26.3. The van der Waals surface area contributed by atoms with Gasteiger partial charge in [0, 0.05) is 17.3 Å². The summed E-state index contributed by atoms with van der Waals surface area (Å²) < 4.78 is 22.5. The molecule has 4 aromatic rings. The molecule has 1 fully saturated rings. The predicted molar refractivity (Wildman–Crippen MR) is 157 cm³/mol. The van der Waals surface area contributed by atoms with Crippen molar-refractivity contribution in [2.45, 2.75) is 26.5 Å². The van der Waals surface area contributed by atoms with Crippen molar-refractivity contribution in [2.75, 3.05) is 18.3 Å². The molecule has 8 nitrogen and oxygen atoms in total. The SMILES string of the molecule is CCOc1ccc(C2/C(=C(\O)c3ccc(OCc4ccccc4)c(C)c3)C(=O)C(=O)N2c2ccc3c(c2)OCO3)cc1. The summed E-state index contributed by atoms with van der Waals surface area (Å²) >= 11 is 0. The lowest BCUT2D eigenvalue weighted by atomic mass is 9.94. The van der Waals surface area contributed by atoms with Gasteiger partial charge < -0.3 is 24.1 Å². The number of hydrogen-bond donors (Lipinski definition) is 1. The second kappa shape index (κ2) is 11.3. The van der Waals surface area contributed by atoms with Crippen molar-refractivity contribution in [1.82, 2.24) is 0 Å². The van der Waals surface area contributed by atoms with Gasteiger partial charge in [-0.15, -0.1) is 0 Å². The van der Waals surface area contributed by atoms with Crippen LogP contribution in [-0.2, 0) is 16.2 Å². The quantitative estimate of drug-likeness (QED) is 0.152. The number of nitrogens with zero attached hydrogens (tertiary/aromatic N) is 1. The maximum absolute atomic E-state index is 13.6. The maximum atomic E-state index is 13.6. The molecule has 0 saturated carbocycles. The average molecular weight is 564 g/mol. The lowest BCUT2D eigenvalue weighted by molar-refractivity contribution is -0.132. The Hall–Kier alpha value is -5.24. The fourth-order valence-corrected chi connectivity index (χ4v) is 5.21. The first-order valence-corrected chi connectivity index (χ1v) is 13.7. The van der Waals surface area contributed by atoms with E-state index in [0.29, 0.717) is 53.0 Å². The number of amides is 1. The molecule has 8 heteroatoms. The Labute approximate surface area is 243 Å². The van der Waals surface area contributed by atoms with E-state index in [4.69, 9.17) is 18.9 Å². The molecule has 212 valence electrons. The van der Waals surface area contributed by atoms with Gasteiger partial charge in [0.25, 0.3) is 11.7 Å². The average Bonchev–Trinajstić information content (AvgIpc) is 3.58. The molecule has 1 N–H and O–H groups in total. The number of fused-ring (bicyclic) bond motifs is 1. The minimum absolute atomic E-state index is 0.0146. The lowest BCUT2D eigenvalue weighted by Gasteiger charge is -2.26. The zero-order valence-corrected chi connectivity index (χ0v) is 23.2. The van der Waals surface area contributed by atoms with Gasteiger partial charge in [0.1, 0.15) is 23.9 Å². The van der Waals surface area contributed by atoms with Crippen LogP contribution in [0.15, 0.2) is 96.6 Å². The van der Waals surface area contributed by atoms with Crippen molar-refractivity contribution in [3.8, 4) is 23.0 Å². The van der Waals surface area contributed by atoms with Crippen molar-refractivity contribution >= 4 is 23.1 Å². The van der Waals surface area contributed by atoms with E-state index in [9.17, 15) is 14.7 Å². The van der Waals surface area contributed by atoms with Gasteiger partial charge >= 0.3 is 0 Å². The smallest absolute Gasteiger partial charge is 0.300 e. The van der Waals surface area contributed by atoms with Crippen LogP contribution in [0.2, 0.25) is 0 Å².